The van der Waals surface area contributed by atoms with Gasteiger partial charge in [-0.05, 0) is 42.8 Å². The molecule has 1 atom stereocenters. The van der Waals surface area contributed by atoms with Crippen LogP contribution in [0.15, 0.2) is 53.4 Å². The van der Waals surface area contributed by atoms with Gasteiger partial charge < -0.3 is 16.2 Å². The number of carbonyl (C=O) groups is 2. The van der Waals surface area contributed by atoms with Crippen molar-refractivity contribution in [2.24, 2.45) is 0 Å². The van der Waals surface area contributed by atoms with E-state index in [9.17, 15) is 9.59 Å². The van der Waals surface area contributed by atoms with Crippen LogP contribution in [-0.2, 0) is 4.79 Å². The molecule has 4 N–H and O–H groups in total. The molecule has 0 heterocycles. The Bertz CT molecular complexity index is 718. The minimum absolute atomic E-state index is 0.138. The number of carboxylic acids is 1. The minimum atomic E-state index is -1.03. The van der Waals surface area contributed by atoms with Gasteiger partial charge in [-0.1, -0.05) is 19.1 Å². The van der Waals surface area contributed by atoms with E-state index < -0.39 is 5.97 Å². The molecule has 5 nitrogen and oxygen atoms in total. The molecule has 0 aliphatic heterocycles. The Balaban J connectivity index is 2.08. The molecule has 23 heavy (non-hydrogen) atoms. The van der Waals surface area contributed by atoms with Gasteiger partial charge in [0.2, 0.25) is 5.91 Å². The van der Waals surface area contributed by atoms with Gasteiger partial charge >= 0.3 is 5.97 Å². The summed E-state index contributed by atoms with van der Waals surface area (Å²) in [6.45, 7) is 1.93. The number of amides is 1. The van der Waals surface area contributed by atoms with Crippen molar-refractivity contribution in [2.45, 2.75) is 23.5 Å². The number of nitrogen functional groups attached to an aromatic ring is 1. The van der Waals surface area contributed by atoms with Crippen LogP contribution in [0.4, 0.5) is 11.4 Å². The van der Waals surface area contributed by atoms with E-state index in [-0.39, 0.29) is 16.7 Å². The van der Waals surface area contributed by atoms with Crippen molar-refractivity contribution in [3.63, 3.8) is 0 Å². The van der Waals surface area contributed by atoms with Crippen LogP contribution in [0.2, 0.25) is 0 Å². The van der Waals surface area contributed by atoms with Gasteiger partial charge in [-0.25, -0.2) is 4.79 Å². The van der Waals surface area contributed by atoms with Crippen LogP contribution in [0, 0.1) is 0 Å². The zero-order valence-electron chi connectivity index (χ0n) is 12.7. The van der Waals surface area contributed by atoms with Crippen molar-refractivity contribution in [1.82, 2.24) is 0 Å². The van der Waals surface area contributed by atoms with Gasteiger partial charge in [0, 0.05) is 16.3 Å². The number of nitrogens with one attached hydrogen (secondary N) is 1. The number of benzene rings is 2. The fourth-order valence-electron chi connectivity index (χ4n) is 2.03. The summed E-state index contributed by atoms with van der Waals surface area (Å²) in [6, 6.07) is 13.6. The summed E-state index contributed by atoms with van der Waals surface area (Å²) in [4.78, 5) is 24.3. The van der Waals surface area contributed by atoms with Gasteiger partial charge in [0.05, 0.1) is 10.8 Å². The summed E-state index contributed by atoms with van der Waals surface area (Å²) in [6.07, 6.45) is 0.643. The van der Waals surface area contributed by atoms with Crippen LogP contribution in [-0.4, -0.2) is 22.2 Å². The quantitative estimate of drug-likeness (QED) is 0.557. The fourth-order valence-corrected chi connectivity index (χ4v) is 3.05. The minimum Gasteiger partial charge on any atom is -0.478 e. The lowest BCUT2D eigenvalue weighted by Gasteiger charge is -2.15. The third kappa shape index (κ3) is 4.75. The van der Waals surface area contributed by atoms with E-state index in [1.807, 2.05) is 25.1 Å². The van der Waals surface area contributed by atoms with Crippen molar-refractivity contribution in [2.75, 3.05) is 11.1 Å². The molecule has 0 aliphatic rings. The van der Waals surface area contributed by atoms with Crippen LogP contribution in [0.3, 0.4) is 0 Å². The van der Waals surface area contributed by atoms with E-state index in [2.05, 4.69) is 5.32 Å². The Hall–Kier alpha value is -2.47. The third-order valence-electron chi connectivity index (χ3n) is 3.18. The number of anilines is 2. The largest absolute Gasteiger partial charge is 0.478 e. The number of carbonyl (C=O) groups excluding carboxylic acids is 1. The number of aromatic carboxylic acids is 1. The Morgan fingerprint density at radius 1 is 1.22 bits per heavy atom. The number of carboxylic acid groups (broad SMARTS) is 1. The lowest BCUT2D eigenvalue weighted by molar-refractivity contribution is -0.115. The maximum atomic E-state index is 12.4. The zero-order valence-corrected chi connectivity index (χ0v) is 13.5. The number of thioether (sulfide) groups is 1. The first-order chi connectivity index (χ1) is 11.0. The van der Waals surface area contributed by atoms with Crippen LogP contribution in [0.1, 0.15) is 23.7 Å². The first-order valence-electron chi connectivity index (χ1n) is 7.16. The number of hydrogen-bond donors (Lipinski definition) is 3. The highest BCUT2D eigenvalue weighted by Gasteiger charge is 2.18. The van der Waals surface area contributed by atoms with Crippen molar-refractivity contribution in [3.8, 4) is 0 Å². The van der Waals surface area contributed by atoms with Crippen molar-refractivity contribution < 1.29 is 14.7 Å². The van der Waals surface area contributed by atoms with Crippen molar-refractivity contribution in [1.29, 1.82) is 0 Å². The average molecular weight is 330 g/mol. The molecule has 2 aromatic rings. The monoisotopic (exact) mass is 330 g/mol. The SMILES string of the molecule is CCC(Sc1cccc(N)c1)C(=O)Nc1cccc(C(=O)O)c1. The molecule has 0 bridgehead atoms. The zero-order chi connectivity index (χ0) is 16.8. The highest BCUT2D eigenvalue weighted by Crippen LogP contribution is 2.27. The molecule has 0 aromatic heterocycles. The maximum absolute atomic E-state index is 12.4. The molecule has 0 aliphatic carbocycles. The lowest BCUT2D eigenvalue weighted by atomic mass is 10.2. The highest BCUT2D eigenvalue weighted by molar-refractivity contribution is 8.00. The van der Waals surface area contributed by atoms with Crippen LogP contribution in [0.25, 0.3) is 0 Å². The normalized spacial score (nSPS) is 11.7. The molecule has 1 amide bonds. The lowest BCUT2D eigenvalue weighted by Crippen LogP contribution is -2.24. The predicted molar refractivity (Wildman–Crippen MR) is 92.8 cm³/mol. The standard InChI is InChI=1S/C17H18N2O3S/c1-2-15(23-14-8-4-6-12(18)10-14)16(20)19-13-7-3-5-11(9-13)17(21)22/h3-10,15H,2,18H2,1H3,(H,19,20)(H,21,22). The molecule has 0 spiro atoms. The highest BCUT2D eigenvalue weighted by atomic mass is 32.2. The average Bonchev–Trinajstić information content (AvgIpc) is 2.52. The summed E-state index contributed by atoms with van der Waals surface area (Å²) < 4.78 is 0. The second kappa shape index (κ2) is 7.69. The molecular formula is C17H18N2O3S. The Morgan fingerprint density at radius 3 is 2.61 bits per heavy atom. The van der Waals surface area contributed by atoms with E-state index in [0.29, 0.717) is 17.8 Å². The van der Waals surface area contributed by atoms with Crippen LogP contribution >= 0.6 is 11.8 Å². The van der Waals surface area contributed by atoms with Crippen molar-refractivity contribution >= 4 is 35.0 Å². The van der Waals surface area contributed by atoms with Gasteiger partial charge in [0.1, 0.15) is 0 Å². The first-order valence-corrected chi connectivity index (χ1v) is 8.04. The van der Waals surface area contributed by atoms with Crippen molar-refractivity contribution in [3.05, 3.63) is 54.1 Å². The molecule has 0 fully saturated rings. The summed E-state index contributed by atoms with van der Waals surface area (Å²) in [5, 5.41) is 11.5. The first kappa shape index (κ1) is 16.9. The molecular weight excluding hydrogens is 312 g/mol. The molecule has 2 rings (SSSR count). The number of rotatable bonds is 6. The van der Waals surface area contributed by atoms with Crippen LogP contribution < -0.4 is 11.1 Å². The van der Waals surface area contributed by atoms with Gasteiger partial charge in [-0.3, -0.25) is 4.79 Å². The molecule has 0 saturated carbocycles. The van der Waals surface area contributed by atoms with E-state index in [0.717, 1.165) is 4.90 Å². The van der Waals surface area contributed by atoms with E-state index >= 15 is 0 Å². The molecule has 0 saturated heterocycles. The van der Waals surface area contributed by atoms with E-state index in [1.165, 1.54) is 23.9 Å². The number of nitrogens with two attached hydrogens (primary N) is 1. The Labute approximate surface area is 138 Å². The Morgan fingerprint density at radius 2 is 1.96 bits per heavy atom. The molecule has 6 heteroatoms. The summed E-state index contributed by atoms with van der Waals surface area (Å²) in [5.74, 6) is -1.19. The van der Waals surface area contributed by atoms with Gasteiger partial charge in [-0.2, -0.15) is 0 Å². The van der Waals surface area contributed by atoms with Gasteiger partial charge in [0.25, 0.3) is 0 Å². The van der Waals surface area contributed by atoms with Gasteiger partial charge in [0.15, 0.2) is 0 Å². The number of hydrogen-bond acceptors (Lipinski definition) is 4. The van der Waals surface area contributed by atoms with Crippen LogP contribution in [0.5, 0.6) is 0 Å². The van der Waals surface area contributed by atoms with E-state index in [1.54, 1.807) is 18.2 Å². The summed E-state index contributed by atoms with van der Waals surface area (Å²) >= 11 is 1.43. The summed E-state index contributed by atoms with van der Waals surface area (Å²) in [5.41, 5.74) is 7.02. The summed E-state index contributed by atoms with van der Waals surface area (Å²) in [7, 11) is 0. The third-order valence-corrected chi connectivity index (χ3v) is 4.53. The molecule has 0 radical (unpaired) electrons. The molecule has 2 aromatic carbocycles. The van der Waals surface area contributed by atoms with Gasteiger partial charge in [-0.15, -0.1) is 11.8 Å². The maximum Gasteiger partial charge on any atom is 0.335 e. The Kier molecular flexibility index (Phi) is 5.65. The molecule has 120 valence electrons. The predicted octanol–water partition coefficient (Wildman–Crippen LogP) is 3.48. The topological polar surface area (TPSA) is 92.4 Å². The smallest absolute Gasteiger partial charge is 0.335 e. The fraction of sp³-hybridized carbons (Fsp3) is 0.176. The second-order valence-corrected chi connectivity index (χ2v) is 6.24. The second-order valence-electron chi connectivity index (χ2n) is 4.96. The molecule has 1 unspecified atom stereocenters. The van der Waals surface area contributed by atoms with E-state index in [4.69, 9.17) is 10.8 Å².